The Morgan fingerprint density at radius 2 is 1.42 bits per heavy atom. The maximum absolute atomic E-state index is 13.0. The van der Waals surface area contributed by atoms with Crippen LogP contribution in [-0.2, 0) is 20.4 Å². The fraction of sp³-hybridized carbons (Fsp3) is 0.400. The third-order valence-electron chi connectivity index (χ3n) is 8.07. The monoisotopic (exact) mass is 624 g/mol. The van der Waals surface area contributed by atoms with Crippen LogP contribution >= 0.6 is 23.2 Å². The van der Waals surface area contributed by atoms with Crippen LogP contribution in [0.25, 0.3) is 0 Å². The van der Waals surface area contributed by atoms with Crippen LogP contribution in [0.15, 0.2) is 72.8 Å². The fourth-order valence-corrected chi connectivity index (χ4v) is 4.70. The molecule has 0 bridgehead atoms. The van der Waals surface area contributed by atoms with E-state index in [0.717, 1.165) is 18.6 Å². The maximum Gasteiger partial charge on any atom is 0.269 e. The third-order valence-corrected chi connectivity index (χ3v) is 8.76. The maximum atomic E-state index is 13.0. The molecule has 3 rings (SSSR count). The van der Waals surface area contributed by atoms with E-state index >= 15 is 0 Å². The number of anilines is 2. The number of rotatable bonds is 14. The number of ether oxygens (including phenoxy) is 1. The van der Waals surface area contributed by atoms with Crippen molar-refractivity contribution in [2.24, 2.45) is 0 Å². The summed E-state index contributed by atoms with van der Waals surface area (Å²) in [5.74, 6) is -1.05. The van der Waals surface area contributed by atoms with Gasteiger partial charge in [0.1, 0.15) is 5.75 Å². The lowest BCUT2D eigenvalue weighted by Gasteiger charge is -2.30. The first kappa shape index (κ1) is 34.1. The number of carbonyl (C=O) groups is 3. The molecule has 0 aliphatic carbocycles. The molecule has 230 valence electrons. The minimum absolute atomic E-state index is 0.0547. The lowest BCUT2D eigenvalue weighted by atomic mass is 9.76. The average molecular weight is 626 g/mol. The molecule has 0 saturated heterocycles. The summed E-state index contributed by atoms with van der Waals surface area (Å²) in [4.78, 5) is 38.4. The van der Waals surface area contributed by atoms with Gasteiger partial charge in [0.2, 0.25) is 11.7 Å². The summed E-state index contributed by atoms with van der Waals surface area (Å²) in [6.07, 6.45) is 2.73. The Morgan fingerprint density at radius 3 is 2.07 bits per heavy atom. The van der Waals surface area contributed by atoms with Crippen LogP contribution in [0.1, 0.15) is 88.7 Å². The highest BCUT2D eigenvalue weighted by Gasteiger charge is 2.42. The lowest BCUT2D eigenvalue weighted by Crippen LogP contribution is -2.40. The van der Waals surface area contributed by atoms with Crippen LogP contribution < -0.4 is 15.4 Å². The molecule has 0 aromatic heterocycles. The number of benzene rings is 3. The summed E-state index contributed by atoms with van der Waals surface area (Å²) in [5.41, 5.74) is 3.42. The van der Waals surface area contributed by atoms with Crippen LogP contribution in [0.3, 0.4) is 0 Å². The predicted molar refractivity (Wildman–Crippen MR) is 177 cm³/mol. The van der Waals surface area contributed by atoms with Crippen molar-refractivity contribution >= 4 is 52.2 Å². The van der Waals surface area contributed by atoms with Crippen molar-refractivity contribution in [1.29, 1.82) is 0 Å². The number of nitrogens with one attached hydrogen (secondary N) is 2. The number of Topliss-reactive ketones (excluding diaryl/α,β-unsaturated/α-hetero) is 1. The highest BCUT2D eigenvalue weighted by atomic mass is 35.5. The molecule has 2 amide bonds. The van der Waals surface area contributed by atoms with Crippen LogP contribution in [-0.4, -0.2) is 28.5 Å². The van der Waals surface area contributed by atoms with Crippen LogP contribution in [0, 0.1) is 0 Å². The van der Waals surface area contributed by atoms with Crippen LogP contribution in [0.4, 0.5) is 11.4 Å². The first-order chi connectivity index (χ1) is 20.2. The van der Waals surface area contributed by atoms with E-state index in [2.05, 4.69) is 70.4 Å². The second kappa shape index (κ2) is 14.4. The molecular weight excluding hydrogens is 583 g/mol. The number of hydrogen-bond acceptors (Lipinski definition) is 4. The molecule has 0 aliphatic rings. The number of ketones is 1. The smallest absolute Gasteiger partial charge is 0.269 e. The molecule has 0 heterocycles. The topological polar surface area (TPSA) is 84.5 Å². The highest BCUT2D eigenvalue weighted by molar-refractivity contribution is 6.70. The molecule has 0 unspecified atom stereocenters. The van der Waals surface area contributed by atoms with Gasteiger partial charge < -0.3 is 15.4 Å². The van der Waals surface area contributed by atoms with Gasteiger partial charge in [-0.05, 0) is 66.0 Å². The zero-order valence-corrected chi connectivity index (χ0v) is 27.4. The molecule has 2 N–H and O–H groups in total. The second-order valence-electron chi connectivity index (χ2n) is 12.0. The van der Waals surface area contributed by atoms with Gasteiger partial charge in [0.05, 0.1) is 6.61 Å². The van der Waals surface area contributed by atoms with E-state index in [4.69, 9.17) is 27.9 Å². The van der Waals surface area contributed by atoms with Crippen molar-refractivity contribution in [2.75, 3.05) is 17.2 Å². The lowest BCUT2D eigenvalue weighted by molar-refractivity contribution is -0.117. The number of amides is 2. The van der Waals surface area contributed by atoms with E-state index < -0.39 is 16.0 Å². The molecule has 0 atom stereocenters. The molecule has 6 nitrogen and oxygen atoms in total. The number of carbonyl (C=O) groups excluding carboxylic acids is 3. The number of hydrogen-bond donors (Lipinski definition) is 2. The molecule has 0 fully saturated rings. The zero-order valence-electron chi connectivity index (χ0n) is 25.9. The second-order valence-corrected chi connectivity index (χ2v) is 13.3. The minimum atomic E-state index is -2.36. The summed E-state index contributed by atoms with van der Waals surface area (Å²) in [6, 6.07) is 21.2. The molecule has 3 aromatic carbocycles. The third kappa shape index (κ3) is 8.84. The zero-order chi connectivity index (χ0) is 31.8. The highest BCUT2D eigenvalue weighted by Crippen LogP contribution is 2.38. The molecular formula is C35H42Cl2N2O4. The Bertz CT molecular complexity index is 1430. The van der Waals surface area contributed by atoms with Crippen molar-refractivity contribution < 1.29 is 19.1 Å². The Morgan fingerprint density at radius 1 is 0.767 bits per heavy atom. The summed E-state index contributed by atoms with van der Waals surface area (Å²) in [6.45, 7) is 13.7. The standard InChI is InChI=1S/C35H42Cl2N2O4/c1-7-33(3,4)25-19-20-29(28(23-25)34(5,6)8-2)43-21-13-18-30(40)38-27-17-12-14-24(22-27)31(41)35(36,37)32(42)39-26-15-10-9-11-16-26/h9-12,14-17,19-20,22-23H,7-8,13,18,21H2,1-6H3,(H,38,40)(H,39,42). The van der Waals surface area contributed by atoms with E-state index in [-0.39, 0.29) is 28.7 Å². The van der Waals surface area contributed by atoms with Crippen molar-refractivity contribution in [2.45, 2.75) is 82.4 Å². The summed E-state index contributed by atoms with van der Waals surface area (Å²) in [7, 11) is 0. The van der Waals surface area contributed by atoms with Gasteiger partial charge in [-0.2, -0.15) is 0 Å². The van der Waals surface area contributed by atoms with Crippen molar-refractivity contribution in [1.82, 2.24) is 0 Å². The fourth-order valence-electron chi connectivity index (χ4n) is 4.39. The van der Waals surface area contributed by atoms with Gasteiger partial charge in [0, 0.05) is 28.9 Å². The van der Waals surface area contributed by atoms with E-state index in [1.807, 2.05) is 0 Å². The van der Waals surface area contributed by atoms with Gasteiger partial charge in [0.15, 0.2) is 0 Å². The average Bonchev–Trinajstić information content (AvgIpc) is 2.99. The minimum Gasteiger partial charge on any atom is -0.493 e. The quantitative estimate of drug-likeness (QED) is 0.0812. The van der Waals surface area contributed by atoms with E-state index in [1.165, 1.54) is 23.3 Å². The van der Waals surface area contributed by atoms with E-state index in [0.29, 0.717) is 24.4 Å². The van der Waals surface area contributed by atoms with Gasteiger partial charge >= 0.3 is 0 Å². The summed E-state index contributed by atoms with van der Waals surface area (Å²) in [5, 5.41) is 5.34. The van der Waals surface area contributed by atoms with Gasteiger partial charge in [0.25, 0.3) is 10.2 Å². The molecule has 3 aromatic rings. The first-order valence-electron chi connectivity index (χ1n) is 14.7. The molecule has 8 heteroatoms. The predicted octanol–water partition coefficient (Wildman–Crippen LogP) is 8.85. The van der Waals surface area contributed by atoms with Gasteiger partial charge in [-0.3, -0.25) is 14.4 Å². The van der Waals surface area contributed by atoms with Crippen molar-refractivity contribution in [3.63, 3.8) is 0 Å². The van der Waals surface area contributed by atoms with Gasteiger partial charge in [-0.25, -0.2) is 0 Å². The largest absolute Gasteiger partial charge is 0.493 e. The van der Waals surface area contributed by atoms with Gasteiger partial charge in [-0.15, -0.1) is 0 Å². The number of alkyl halides is 2. The molecule has 0 aliphatic heterocycles. The summed E-state index contributed by atoms with van der Waals surface area (Å²) < 4.78 is 3.83. The van der Waals surface area contributed by atoms with E-state index in [1.54, 1.807) is 42.5 Å². The molecule has 0 radical (unpaired) electrons. The van der Waals surface area contributed by atoms with Crippen LogP contribution in [0.2, 0.25) is 0 Å². The SMILES string of the molecule is CCC(C)(C)c1ccc(OCCCC(=O)Nc2cccc(C(=O)C(Cl)(Cl)C(=O)Nc3ccccc3)c2)c(C(C)(C)CC)c1. The Hall–Kier alpha value is -3.35. The van der Waals surface area contributed by atoms with Crippen LogP contribution in [0.5, 0.6) is 5.75 Å². The molecule has 0 spiro atoms. The number of halogens is 2. The van der Waals surface area contributed by atoms with Crippen molar-refractivity contribution in [3.8, 4) is 5.75 Å². The molecule has 43 heavy (non-hydrogen) atoms. The first-order valence-corrected chi connectivity index (χ1v) is 15.4. The van der Waals surface area contributed by atoms with E-state index in [9.17, 15) is 14.4 Å². The van der Waals surface area contributed by atoms with Gasteiger partial charge in [-0.1, -0.05) is 107 Å². The number of para-hydroxylation sites is 1. The molecule has 0 saturated carbocycles. The normalized spacial score (nSPS) is 12.0. The Balaban J connectivity index is 1.59. The summed E-state index contributed by atoms with van der Waals surface area (Å²) >= 11 is 12.4. The Kier molecular flexibility index (Phi) is 11.4. The van der Waals surface area contributed by atoms with Crippen molar-refractivity contribution in [3.05, 3.63) is 89.5 Å². The Labute approximate surface area is 265 Å².